The van der Waals surface area contributed by atoms with E-state index < -0.39 is 5.91 Å². The molecule has 0 aliphatic carbocycles. The molecule has 0 spiro atoms. The van der Waals surface area contributed by atoms with Crippen LogP contribution in [0.15, 0.2) is 36.4 Å². The van der Waals surface area contributed by atoms with E-state index in [9.17, 15) is 9.59 Å². The molecule has 0 aliphatic rings. The topological polar surface area (TPSA) is 57.9 Å². The molecule has 4 heteroatoms. The molecule has 1 radical (unpaired) electrons. The van der Waals surface area contributed by atoms with Gasteiger partial charge in [-0.25, -0.2) is 0 Å². The third-order valence-corrected chi connectivity index (χ3v) is 2.55. The van der Waals surface area contributed by atoms with Crippen molar-refractivity contribution in [3.8, 4) is 0 Å². The Hall–Kier alpha value is -1.50. The van der Waals surface area contributed by atoms with Crippen LogP contribution in [0.3, 0.4) is 0 Å². The molecule has 1 N–H and O–H groups in total. The number of Topliss-reactive ketones (excluding diaryl/α,β-unsaturated/α-hetero) is 1. The first-order valence-corrected chi connectivity index (χ1v) is 4.90. The van der Waals surface area contributed by atoms with Crippen LogP contribution < -0.4 is 0 Å². The molecular formula is C13H10NO2Re-. The fraction of sp³-hybridized carbons (Fsp3) is 0.0769. The number of rotatable bonds is 2. The van der Waals surface area contributed by atoms with Crippen molar-refractivity contribution < 1.29 is 30.0 Å². The fourth-order valence-electron chi connectivity index (χ4n) is 1.80. The van der Waals surface area contributed by atoms with E-state index in [-0.39, 0.29) is 26.2 Å². The number of hydrogen-bond acceptors (Lipinski definition) is 2. The average Bonchev–Trinajstić information content (AvgIpc) is 2.27. The molecule has 0 aliphatic heterocycles. The van der Waals surface area contributed by atoms with E-state index >= 15 is 0 Å². The number of amides is 1. The van der Waals surface area contributed by atoms with E-state index in [1.54, 1.807) is 24.3 Å². The Labute approximate surface area is 113 Å². The van der Waals surface area contributed by atoms with E-state index in [4.69, 9.17) is 5.73 Å². The Bertz CT molecular complexity index is 540. The molecule has 0 aromatic heterocycles. The number of fused-ring (bicyclic) bond motifs is 1. The van der Waals surface area contributed by atoms with E-state index in [0.29, 0.717) is 16.5 Å². The maximum atomic E-state index is 11.4. The molecule has 0 saturated carbocycles. The summed E-state index contributed by atoms with van der Waals surface area (Å²) in [6.45, 7) is 1.49. The summed E-state index contributed by atoms with van der Waals surface area (Å²) in [6, 6.07) is 10.3. The van der Waals surface area contributed by atoms with Gasteiger partial charge in [0.1, 0.15) is 0 Å². The van der Waals surface area contributed by atoms with Crippen molar-refractivity contribution >= 4 is 22.5 Å². The number of nitrogens with one attached hydrogen (secondary N) is 1. The van der Waals surface area contributed by atoms with Crippen LogP contribution in [-0.4, -0.2) is 11.7 Å². The molecule has 0 heterocycles. The van der Waals surface area contributed by atoms with Crippen molar-refractivity contribution in [1.29, 1.82) is 0 Å². The smallest absolute Gasteiger partial charge is 0.160 e. The Kier molecular flexibility index (Phi) is 4.17. The van der Waals surface area contributed by atoms with Crippen LogP contribution in [0.1, 0.15) is 27.6 Å². The zero-order valence-electron chi connectivity index (χ0n) is 9.16. The minimum absolute atomic E-state index is 0. The molecule has 0 saturated heterocycles. The molecule has 0 unspecified atom stereocenters. The maximum Gasteiger partial charge on any atom is 0.160 e. The summed E-state index contributed by atoms with van der Waals surface area (Å²) in [5.74, 6) is -0.772. The third kappa shape index (κ3) is 2.44. The Morgan fingerprint density at radius 2 is 1.41 bits per heavy atom. The van der Waals surface area contributed by atoms with Gasteiger partial charge in [-0.1, -0.05) is 36.4 Å². The largest absolute Gasteiger partial charge is 0.664 e. The molecule has 2 rings (SSSR count). The summed E-state index contributed by atoms with van der Waals surface area (Å²) in [4.78, 5) is 22.5. The van der Waals surface area contributed by atoms with Crippen LogP contribution in [0, 0.1) is 0 Å². The summed E-state index contributed by atoms with van der Waals surface area (Å²) >= 11 is 0. The molecular weight excluding hydrogens is 388 g/mol. The van der Waals surface area contributed by atoms with E-state index in [0.717, 1.165) is 5.39 Å². The van der Waals surface area contributed by atoms with Crippen LogP contribution in [0.2, 0.25) is 0 Å². The predicted octanol–water partition coefficient (Wildman–Crippen LogP) is 3.23. The van der Waals surface area contributed by atoms with E-state index in [1.165, 1.54) is 13.0 Å². The number of benzene rings is 2. The van der Waals surface area contributed by atoms with Gasteiger partial charge in [0.15, 0.2) is 5.78 Å². The molecule has 3 nitrogen and oxygen atoms in total. The van der Waals surface area contributed by atoms with Gasteiger partial charge in [-0.3, -0.25) is 4.79 Å². The summed E-state index contributed by atoms with van der Waals surface area (Å²) in [6.07, 6.45) is 0. The first-order chi connectivity index (χ1) is 7.61. The molecule has 17 heavy (non-hydrogen) atoms. The molecule has 0 bridgehead atoms. The van der Waals surface area contributed by atoms with Gasteiger partial charge in [0.05, 0.1) is 5.91 Å². The first kappa shape index (κ1) is 13.6. The zero-order chi connectivity index (χ0) is 11.7. The van der Waals surface area contributed by atoms with Gasteiger partial charge in [-0.2, -0.15) is 0 Å². The normalized spacial score (nSPS) is 9.71. The van der Waals surface area contributed by atoms with Crippen LogP contribution in [0.5, 0.6) is 0 Å². The quantitative estimate of drug-likeness (QED) is 0.730. The minimum atomic E-state index is -0.730. The van der Waals surface area contributed by atoms with Crippen LogP contribution in [0.25, 0.3) is 16.5 Å². The molecule has 0 fully saturated rings. The second-order valence-corrected chi connectivity index (χ2v) is 3.59. The number of carbonyl (C=O) groups is 2. The molecule has 87 valence electrons. The van der Waals surface area contributed by atoms with Crippen molar-refractivity contribution in [2.75, 3.05) is 0 Å². The fourth-order valence-corrected chi connectivity index (χ4v) is 1.80. The number of ketones is 1. The van der Waals surface area contributed by atoms with Crippen molar-refractivity contribution in [3.63, 3.8) is 0 Å². The van der Waals surface area contributed by atoms with Gasteiger partial charge < -0.3 is 10.5 Å². The van der Waals surface area contributed by atoms with Crippen molar-refractivity contribution in [1.82, 2.24) is 0 Å². The predicted molar refractivity (Wildman–Crippen MR) is 62.6 cm³/mol. The summed E-state index contributed by atoms with van der Waals surface area (Å²) in [5.41, 5.74) is 8.07. The van der Waals surface area contributed by atoms with Gasteiger partial charge in [-0.15, -0.1) is 0 Å². The van der Waals surface area contributed by atoms with E-state index in [1.807, 2.05) is 6.07 Å². The minimum Gasteiger partial charge on any atom is -0.664 e. The van der Waals surface area contributed by atoms with Gasteiger partial charge in [0, 0.05) is 31.5 Å². The summed E-state index contributed by atoms with van der Waals surface area (Å²) in [5, 5.41) is 1.39. The molecule has 1 amide bonds. The van der Waals surface area contributed by atoms with Crippen molar-refractivity contribution in [2.24, 2.45) is 0 Å². The summed E-state index contributed by atoms with van der Waals surface area (Å²) < 4.78 is 0. The maximum absolute atomic E-state index is 11.4. The van der Waals surface area contributed by atoms with Crippen molar-refractivity contribution in [3.05, 3.63) is 53.3 Å². The average molecular weight is 398 g/mol. The van der Waals surface area contributed by atoms with E-state index in [2.05, 4.69) is 0 Å². The van der Waals surface area contributed by atoms with Gasteiger partial charge in [0.2, 0.25) is 0 Å². The Morgan fingerprint density at radius 1 is 0.941 bits per heavy atom. The standard InChI is InChI=1S/C13H11NO2.Re/c1-8(15)9-6-7-12(13(14)16)11-5-3-2-4-10(9)11;/h2-7H,1H3,(H2,14,16);/p-1. The van der Waals surface area contributed by atoms with Crippen LogP contribution >= 0.6 is 0 Å². The first-order valence-electron chi connectivity index (χ1n) is 4.90. The molecule has 2 aromatic rings. The number of carbonyl (C=O) groups excluding carboxylic acids is 2. The third-order valence-electron chi connectivity index (χ3n) is 2.55. The molecule has 0 atom stereocenters. The monoisotopic (exact) mass is 399 g/mol. The Morgan fingerprint density at radius 3 is 1.88 bits per heavy atom. The van der Waals surface area contributed by atoms with Crippen LogP contribution in [-0.2, 0) is 20.4 Å². The SMILES string of the molecule is CC(=O)c1ccc(C([NH-])=O)c2ccccc12.[Re]. The van der Waals surface area contributed by atoms with Gasteiger partial charge in [-0.05, 0) is 17.7 Å². The van der Waals surface area contributed by atoms with Crippen LogP contribution in [0.4, 0.5) is 0 Å². The second-order valence-electron chi connectivity index (χ2n) is 3.59. The van der Waals surface area contributed by atoms with Gasteiger partial charge in [0.25, 0.3) is 0 Å². The zero-order valence-corrected chi connectivity index (χ0v) is 11.9. The van der Waals surface area contributed by atoms with Gasteiger partial charge >= 0.3 is 0 Å². The molecule has 2 aromatic carbocycles. The Balaban J connectivity index is 0.00000144. The van der Waals surface area contributed by atoms with Crippen molar-refractivity contribution in [2.45, 2.75) is 6.92 Å². The summed E-state index contributed by atoms with van der Waals surface area (Å²) in [7, 11) is 0. The second kappa shape index (κ2) is 5.22. The number of hydrogen-bond donors (Lipinski definition) is 0.